The first-order chi connectivity index (χ1) is 11.8. The summed E-state index contributed by atoms with van der Waals surface area (Å²) in [4.78, 5) is 4.33. The molecule has 0 spiro atoms. The normalized spacial score (nSPS) is 19.7. The maximum absolute atomic E-state index is 5.82. The van der Waals surface area contributed by atoms with Crippen LogP contribution < -0.4 is 0 Å². The lowest BCUT2D eigenvalue weighted by Crippen LogP contribution is -1.82. The predicted octanol–water partition coefficient (Wildman–Crippen LogP) is 4.06. The van der Waals surface area contributed by atoms with Gasteiger partial charge >= 0.3 is 0 Å². The summed E-state index contributed by atoms with van der Waals surface area (Å²) >= 11 is 0. The number of hydrogen-bond acceptors (Lipinski definition) is 6. The van der Waals surface area contributed by atoms with Crippen molar-refractivity contribution in [3.63, 3.8) is 0 Å². The van der Waals surface area contributed by atoms with Gasteiger partial charge in [0, 0.05) is 17.7 Å². The van der Waals surface area contributed by atoms with E-state index in [0.29, 0.717) is 29.3 Å². The van der Waals surface area contributed by atoms with E-state index in [9.17, 15) is 0 Å². The highest BCUT2D eigenvalue weighted by Gasteiger charge is 2.38. The Hall–Kier alpha value is -3.02. The van der Waals surface area contributed by atoms with Crippen LogP contribution in [0, 0.1) is 5.92 Å². The molecule has 4 aromatic rings. The number of pyridine rings is 1. The Labute approximate surface area is 137 Å². The molecule has 6 nitrogen and oxygen atoms in total. The van der Waals surface area contributed by atoms with Crippen molar-refractivity contribution in [2.24, 2.45) is 5.92 Å². The number of hydrogen-bond donors (Lipinski definition) is 0. The average Bonchev–Trinajstić information content (AvgIpc) is 3.05. The molecule has 118 valence electrons. The average molecular weight is 318 g/mol. The minimum Gasteiger partial charge on any atom is -0.420 e. The molecule has 1 aromatic carbocycles. The Balaban J connectivity index is 1.59. The Morgan fingerprint density at radius 3 is 2.71 bits per heavy atom. The van der Waals surface area contributed by atoms with Crippen LogP contribution in [0.3, 0.4) is 0 Å². The molecule has 0 radical (unpaired) electrons. The molecule has 6 heteroatoms. The first kappa shape index (κ1) is 13.4. The molecule has 3 heterocycles. The zero-order valence-electron chi connectivity index (χ0n) is 13.0. The summed E-state index contributed by atoms with van der Waals surface area (Å²) in [6.07, 6.45) is 2.79. The van der Waals surface area contributed by atoms with Gasteiger partial charge in [0.1, 0.15) is 5.69 Å². The quantitative estimate of drug-likeness (QED) is 0.567. The molecule has 0 aliphatic heterocycles. The van der Waals surface area contributed by atoms with Crippen LogP contribution in [0.5, 0.6) is 0 Å². The van der Waals surface area contributed by atoms with Crippen molar-refractivity contribution >= 4 is 11.1 Å². The molecule has 0 N–H and O–H groups in total. The third-order valence-corrected chi connectivity index (χ3v) is 4.49. The largest absolute Gasteiger partial charge is 0.420 e. The van der Waals surface area contributed by atoms with Crippen molar-refractivity contribution in [3.05, 3.63) is 48.5 Å². The second kappa shape index (κ2) is 4.99. The molecule has 0 amide bonds. The lowest BCUT2D eigenvalue weighted by atomic mass is 10.1. The summed E-state index contributed by atoms with van der Waals surface area (Å²) in [7, 11) is 0. The SMILES string of the molecule is C[C@H]1C[C@H]1c1nnc(-c2cnc3onc(-c4ccccc4)c3c2)o1. The minimum absolute atomic E-state index is 0.401. The second-order valence-corrected chi connectivity index (χ2v) is 6.24. The molecule has 3 aromatic heterocycles. The highest BCUT2D eigenvalue weighted by atomic mass is 16.5. The fourth-order valence-electron chi connectivity index (χ4n) is 2.92. The standard InChI is InChI=1S/C18H14N4O2/c1-10-7-13(10)18-21-20-16(23-18)12-8-14-15(11-5-3-2-4-6-11)22-24-17(14)19-9-12/h2-6,8-10,13H,7H2,1H3/t10-,13+/m0/s1. The van der Waals surface area contributed by atoms with Gasteiger partial charge in [0.2, 0.25) is 11.8 Å². The lowest BCUT2D eigenvalue weighted by molar-refractivity contribution is 0.451. The highest BCUT2D eigenvalue weighted by Crippen LogP contribution is 2.46. The van der Waals surface area contributed by atoms with Gasteiger partial charge in [0.25, 0.3) is 5.71 Å². The Bertz CT molecular complexity index is 1020. The van der Waals surface area contributed by atoms with Gasteiger partial charge in [-0.3, -0.25) is 0 Å². The van der Waals surface area contributed by atoms with Crippen molar-refractivity contribution in [2.75, 3.05) is 0 Å². The van der Waals surface area contributed by atoms with E-state index < -0.39 is 0 Å². The van der Waals surface area contributed by atoms with E-state index in [2.05, 4.69) is 27.3 Å². The molecule has 0 bridgehead atoms. The van der Waals surface area contributed by atoms with E-state index >= 15 is 0 Å². The maximum atomic E-state index is 5.82. The third-order valence-electron chi connectivity index (χ3n) is 4.49. The van der Waals surface area contributed by atoms with Crippen LogP contribution in [0.15, 0.2) is 51.5 Å². The van der Waals surface area contributed by atoms with Crippen LogP contribution >= 0.6 is 0 Å². The Kier molecular flexibility index (Phi) is 2.79. The highest BCUT2D eigenvalue weighted by molar-refractivity contribution is 5.91. The van der Waals surface area contributed by atoms with Crippen molar-refractivity contribution in [3.8, 4) is 22.7 Å². The topological polar surface area (TPSA) is 77.8 Å². The maximum Gasteiger partial charge on any atom is 0.258 e. The fourth-order valence-corrected chi connectivity index (χ4v) is 2.92. The van der Waals surface area contributed by atoms with Crippen molar-refractivity contribution in [1.82, 2.24) is 20.3 Å². The summed E-state index contributed by atoms with van der Waals surface area (Å²) in [6.45, 7) is 2.19. The molecular formula is C18H14N4O2. The van der Waals surface area contributed by atoms with E-state index in [1.165, 1.54) is 0 Å². The van der Waals surface area contributed by atoms with Crippen molar-refractivity contribution < 1.29 is 8.94 Å². The first-order valence-electron chi connectivity index (χ1n) is 7.94. The van der Waals surface area contributed by atoms with Gasteiger partial charge in [-0.2, -0.15) is 0 Å². The number of benzene rings is 1. The zero-order chi connectivity index (χ0) is 16.1. The van der Waals surface area contributed by atoms with Gasteiger partial charge in [0.05, 0.1) is 10.9 Å². The van der Waals surface area contributed by atoms with Crippen LogP contribution in [0.4, 0.5) is 0 Å². The summed E-state index contributed by atoms with van der Waals surface area (Å²) in [5, 5.41) is 13.3. The molecule has 2 atom stereocenters. The molecule has 1 aliphatic carbocycles. The molecule has 1 aliphatic rings. The number of fused-ring (bicyclic) bond motifs is 1. The third kappa shape index (κ3) is 2.11. The van der Waals surface area contributed by atoms with Gasteiger partial charge in [0.15, 0.2) is 0 Å². The molecule has 1 saturated carbocycles. The monoisotopic (exact) mass is 318 g/mol. The van der Waals surface area contributed by atoms with Crippen molar-refractivity contribution in [1.29, 1.82) is 0 Å². The molecule has 0 unspecified atom stereocenters. The van der Waals surface area contributed by atoms with E-state index in [0.717, 1.165) is 28.6 Å². The summed E-state index contributed by atoms with van der Waals surface area (Å²) < 4.78 is 11.2. The van der Waals surface area contributed by atoms with Crippen molar-refractivity contribution in [2.45, 2.75) is 19.3 Å². The van der Waals surface area contributed by atoms with Gasteiger partial charge in [-0.05, 0) is 18.4 Å². The fraction of sp³-hybridized carbons (Fsp3) is 0.222. The Morgan fingerprint density at radius 2 is 1.92 bits per heavy atom. The predicted molar refractivity (Wildman–Crippen MR) is 87.1 cm³/mol. The molecule has 0 saturated heterocycles. The molecule has 1 fully saturated rings. The van der Waals surface area contributed by atoms with Crippen LogP contribution in [-0.2, 0) is 0 Å². The first-order valence-corrected chi connectivity index (χ1v) is 7.94. The molecule has 5 rings (SSSR count). The van der Waals surface area contributed by atoms with Crippen LogP contribution in [-0.4, -0.2) is 20.3 Å². The molecular weight excluding hydrogens is 304 g/mol. The minimum atomic E-state index is 0.401. The van der Waals surface area contributed by atoms with Gasteiger partial charge in [-0.15, -0.1) is 10.2 Å². The summed E-state index contributed by atoms with van der Waals surface area (Å²) in [5.74, 6) is 2.23. The van der Waals surface area contributed by atoms with Gasteiger partial charge in [-0.25, -0.2) is 4.98 Å². The van der Waals surface area contributed by atoms with E-state index in [1.54, 1.807) is 6.20 Å². The van der Waals surface area contributed by atoms with E-state index in [-0.39, 0.29) is 0 Å². The number of aromatic nitrogens is 4. The van der Waals surface area contributed by atoms with Crippen LogP contribution in [0.2, 0.25) is 0 Å². The second-order valence-electron chi connectivity index (χ2n) is 6.24. The lowest BCUT2D eigenvalue weighted by Gasteiger charge is -1.97. The van der Waals surface area contributed by atoms with Crippen LogP contribution in [0.25, 0.3) is 33.8 Å². The van der Waals surface area contributed by atoms with E-state index in [1.807, 2.05) is 36.4 Å². The van der Waals surface area contributed by atoms with E-state index in [4.69, 9.17) is 8.94 Å². The summed E-state index contributed by atoms with van der Waals surface area (Å²) in [6, 6.07) is 11.8. The Morgan fingerprint density at radius 1 is 1.08 bits per heavy atom. The number of nitrogens with zero attached hydrogens (tertiary/aromatic N) is 4. The summed E-state index contributed by atoms with van der Waals surface area (Å²) in [5.41, 5.74) is 3.01. The number of rotatable bonds is 3. The smallest absolute Gasteiger partial charge is 0.258 e. The van der Waals surface area contributed by atoms with Gasteiger partial charge < -0.3 is 8.94 Å². The zero-order valence-corrected chi connectivity index (χ0v) is 13.0. The van der Waals surface area contributed by atoms with Gasteiger partial charge in [-0.1, -0.05) is 42.4 Å². The van der Waals surface area contributed by atoms with Crippen LogP contribution in [0.1, 0.15) is 25.2 Å². The molecule has 24 heavy (non-hydrogen) atoms.